The van der Waals surface area contributed by atoms with Gasteiger partial charge in [-0.3, -0.25) is 4.79 Å². The van der Waals surface area contributed by atoms with Gasteiger partial charge in [0, 0.05) is 5.56 Å². The molecule has 114 valence electrons. The Morgan fingerprint density at radius 3 is 2.57 bits per heavy atom. The SMILES string of the molecule is COc1cc(C(=O)/C=C/c2ccc3ccccc3c2)ccc1O. The third kappa shape index (κ3) is 3.24. The number of benzene rings is 3. The number of carbonyl (C=O) groups is 1. The van der Waals surface area contributed by atoms with E-state index < -0.39 is 0 Å². The molecule has 0 saturated heterocycles. The molecule has 1 N–H and O–H groups in total. The van der Waals surface area contributed by atoms with Gasteiger partial charge in [-0.25, -0.2) is 0 Å². The van der Waals surface area contributed by atoms with Crippen LogP contribution >= 0.6 is 0 Å². The highest BCUT2D eigenvalue weighted by atomic mass is 16.5. The number of phenols is 1. The summed E-state index contributed by atoms with van der Waals surface area (Å²) in [6.45, 7) is 0. The summed E-state index contributed by atoms with van der Waals surface area (Å²) in [7, 11) is 1.45. The zero-order valence-corrected chi connectivity index (χ0v) is 12.7. The van der Waals surface area contributed by atoms with Gasteiger partial charge in [-0.15, -0.1) is 0 Å². The molecular formula is C20H16O3. The Hall–Kier alpha value is -3.07. The molecule has 0 bridgehead atoms. The maximum absolute atomic E-state index is 12.2. The van der Waals surface area contributed by atoms with Crippen LogP contribution in [0.15, 0.2) is 66.7 Å². The van der Waals surface area contributed by atoms with E-state index in [-0.39, 0.29) is 17.3 Å². The molecule has 3 aromatic rings. The average Bonchev–Trinajstić information content (AvgIpc) is 2.60. The second-order valence-electron chi connectivity index (χ2n) is 5.19. The summed E-state index contributed by atoms with van der Waals surface area (Å²) >= 11 is 0. The highest BCUT2D eigenvalue weighted by Gasteiger charge is 2.07. The molecule has 0 atom stereocenters. The first-order chi connectivity index (χ1) is 11.2. The van der Waals surface area contributed by atoms with Crippen molar-refractivity contribution in [1.29, 1.82) is 0 Å². The molecule has 3 aromatic carbocycles. The molecule has 0 aliphatic heterocycles. The van der Waals surface area contributed by atoms with Crippen molar-refractivity contribution in [3.05, 3.63) is 77.9 Å². The smallest absolute Gasteiger partial charge is 0.185 e. The molecule has 0 saturated carbocycles. The Labute approximate surface area is 134 Å². The number of phenolic OH excluding ortho intramolecular Hbond substituents is 1. The van der Waals surface area contributed by atoms with E-state index in [1.54, 1.807) is 12.1 Å². The maximum Gasteiger partial charge on any atom is 0.185 e. The highest BCUT2D eigenvalue weighted by molar-refractivity contribution is 6.07. The van der Waals surface area contributed by atoms with Crippen molar-refractivity contribution in [1.82, 2.24) is 0 Å². The zero-order valence-electron chi connectivity index (χ0n) is 12.7. The van der Waals surface area contributed by atoms with E-state index in [9.17, 15) is 9.90 Å². The summed E-state index contributed by atoms with van der Waals surface area (Å²) in [6.07, 6.45) is 3.31. The molecule has 0 unspecified atom stereocenters. The predicted octanol–water partition coefficient (Wildman–Crippen LogP) is 4.45. The highest BCUT2D eigenvalue weighted by Crippen LogP contribution is 2.26. The van der Waals surface area contributed by atoms with Crippen LogP contribution in [0.3, 0.4) is 0 Å². The topological polar surface area (TPSA) is 46.5 Å². The van der Waals surface area contributed by atoms with Gasteiger partial charge in [0.15, 0.2) is 17.3 Å². The summed E-state index contributed by atoms with van der Waals surface area (Å²) in [5.41, 5.74) is 1.43. The summed E-state index contributed by atoms with van der Waals surface area (Å²) < 4.78 is 5.02. The molecule has 23 heavy (non-hydrogen) atoms. The van der Waals surface area contributed by atoms with Crippen LogP contribution in [0.1, 0.15) is 15.9 Å². The number of ketones is 1. The standard InChI is InChI=1S/C20H16O3/c1-23-20-13-17(9-11-19(20)22)18(21)10-7-14-6-8-15-4-2-3-5-16(15)12-14/h2-13,22H,1H3/b10-7+. The number of rotatable bonds is 4. The molecule has 3 heteroatoms. The molecule has 0 aromatic heterocycles. The van der Waals surface area contributed by atoms with Crippen LogP contribution in [0.4, 0.5) is 0 Å². The Morgan fingerprint density at radius 1 is 1.00 bits per heavy atom. The number of fused-ring (bicyclic) bond motifs is 1. The Balaban J connectivity index is 1.84. The number of allylic oxidation sites excluding steroid dienone is 1. The van der Waals surface area contributed by atoms with Crippen molar-refractivity contribution in [2.24, 2.45) is 0 Å². The first kappa shape index (κ1) is 14.9. The quantitative estimate of drug-likeness (QED) is 0.572. The number of ether oxygens (including phenoxy) is 1. The van der Waals surface area contributed by atoms with E-state index in [0.717, 1.165) is 10.9 Å². The second kappa shape index (κ2) is 6.36. The zero-order chi connectivity index (χ0) is 16.2. The van der Waals surface area contributed by atoms with Gasteiger partial charge in [0.2, 0.25) is 0 Å². The van der Waals surface area contributed by atoms with E-state index in [2.05, 4.69) is 6.07 Å². The Bertz CT molecular complexity index is 894. The minimum Gasteiger partial charge on any atom is -0.504 e. The molecule has 0 aliphatic carbocycles. The fourth-order valence-electron chi connectivity index (χ4n) is 2.41. The lowest BCUT2D eigenvalue weighted by Gasteiger charge is -2.04. The van der Waals surface area contributed by atoms with E-state index in [1.165, 1.54) is 30.7 Å². The van der Waals surface area contributed by atoms with Gasteiger partial charge in [0.25, 0.3) is 0 Å². The number of hydrogen-bond acceptors (Lipinski definition) is 3. The molecule has 0 amide bonds. The first-order valence-corrected chi connectivity index (χ1v) is 7.25. The van der Waals surface area contributed by atoms with Crippen molar-refractivity contribution in [3.63, 3.8) is 0 Å². The van der Waals surface area contributed by atoms with Gasteiger partial charge in [-0.1, -0.05) is 42.5 Å². The van der Waals surface area contributed by atoms with E-state index in [4.69, 9.17) is 4.74 Å². The van der Waals surface area contributed by atoms with Gasteiger partial charge in [0.05, 0.1) is 7.11 Å². The lowest BCUT2D eigenvalue weighted by molar-refractivity contribution is 0.104. The fourth-order valence-corrected chi connectivity index (χ4v) is 2.41. The number of methoxy groups -OCH3 is 1. The van der Waals surface area contributed by atoms with Crippen molar-refractivity contribution in [2.75, 3.05) is 7.11 Å². The normalized spacial score (nSPS) is 11.0. The number of hydrogen-bond donors (Lipinski definition) is 1. The Kier molecular flexibility index (Phi) is 4.11. The Morgan fingerprint density at radius 2 is 1.78 bits per heavy atom. The van der Waals surface area contributed by atoms with Crippen LogP contribution in [0.25, 0.3) is 16.8 Å². The van der Waals surface area contributed by atoms with E-state index in [0.29, 0.717) is 5.56 Å². The largest absolute Gasteiger partial charge is 0.504 e. The van der Waals surface area contributed by atoms with Crippen molar-refractivity contribution >= 4 is 22.6 Å². The minimum atomic E-state index is -0.142. The van der Waals surface area contributed by atoms with Crippen LogP contribution in [-0.4, -0.2) is 18.0 Å². The summed E-state index contributed by atoms with van der Waals surface area (Å²) in [6, 6.07) is 18.7. The number of aromatic hydroxyl groups is 1. The van der Waals surface area contributed by atoms with Gasteiger partial charge in [-0.05, 0) is 46.7 Å². The van der Waals surface area contributed by atoms with Gasteiger partial charge >= 0.3 is 0 Å². The lowest BCUT2D eigenvalue weighted by atomic mass is 10.1. The fraction of sp³-hybridized carbons (Fsp3) is 0.0500. The monoisotopic (exact) mass is 304 g/mol. The van der Waals surface area contributed by atoms with Crippen molar-refractivity contribution in [2.45, 2.75) is 0 Å². The molecule has 0 fully saturated rings. The van der Waals surface area contributed by atoms with Gasteiger partial charge in [0.1, 0.15) is 0 Å². The molecular weight excluding hydrogens is 288 g/mol. The van der Waals surface area contributed by atoms with Crippen LogP contribution in [0.2, 0.25) is 0 Å². The van der Waals surface area contributed by atoms with Crippen LogP contribution < -0.4 is 4.74 Å². The van der Waals surface area contributed by atoms with E-state index in [1.807, 2.05) is 36.4 Å². The minimum absolute atomic E-state index is 0.0163. The summed E-state index contributed by atoms with van der Waals surface area (Å²) in [5.74, 6) is 0.161. The molecule has 0 spiro atoms. The molecule has 3 rings (SSSR count). The van der Waals surface area contributed by atoms with Gasteiger partial charge in [-0.2, -0.15) is 0 Å². The predicted molar refractivity (Wildman–Crippen MR) is 92.0 cm³/mol. The number of carbonyl (C=O) groups excluding carboxylic acids is 1. The first-order valence-electron chi connectivity index (χ1n) is 7.25. The van der Waals surface area contributed by atoms with Gasteiger partial charge < -0.3 is 9.84 Å². The molecule has 3 nitrogen and oxygen atoms in total. The van der Waals surface area contributed by atoms with Crippen molar-refractivity contribution in [3.8, 4) is 11.5 Å². The van der Waals surface area contributed by atoms with Crippen molar-refractivity contribution < 1.29 is 14.6 Å². The summed E-state index contributed by atoms with van der Waals surface area (Å²) in [4.78, 5) is 12.2. The maximum atomic E-state index is 12.2. The van der Waals surface area contributed by atoms with E-state index >= 15 is 0 Å². The molecule has 0 radical (unpaired) electrons. The summed E-state index contributed by atoms with van der Waals surface area (Å²) in [5, 5.41) is 11.9. The third-order valence-corrected chi connectivity index (χ3v) is 3.66. The van der Waals surface area contributed by atoms with Crippen LogP contribution in [-0.2, 0) is 0 Å². The second-order valence-corrected chi connectivity index (χ2v) is 5.19. The lowest BCUT2D eigenvalue weighted by Crippen LogP contribution is -1.95. The average molecular weight is 304 g/mol. The van der Waals surface area contributed by atoms with Crippen LogP contribution in [0.5, 0.6) is 11.5 Å². The van der Waals surface area contributed by atoms with Crippen LogP contribution in [0, 0.1) is 0 Å². The third-order valence-electron chi connectivity index (χ3n) is 3.66. The molecule has 0 aliphatic rings. The molecule has 0 heterocycles.